The highest BCUT2D eigenvalue weighted by molar-refractivity contribution is 9.10. The number of amides is 1. The number of carbonyl (C=O) groups excluding carboxylic acids is 1. The first-order valence-electron chi connectivity index (χ1n) is 10.1. The lowest BCUT2D eigenvalue weighted by atomic mass is 10.1. The summed E-state index contributed by atoms with van der Waals surface area (Å²) in [5.74, 6) is -0.675. The number of carboxylic acids is 1. The van der Waals surface area contributed by atoms with Crippen LogP contribution in [0, 0.1) is 18.3 Å². The topological polar surface area (TPSA) is 109 Å². The number of aryl methyl sites for hydroxylation is 1. The molecule has 1 amide bonds. The summed E-state index contributed by atoms with van der Waals surface area (Å²) >= 11 is 3.46. The van der Waals surface area contributed by atoms with Crippen LogP contribution < -0.4 is 14.8 Å². The maximum atomic E-state index is 12.6. The summed E-state index contributed by atoms with van der Waals surface area (Å²) in [5.41, 5.74) is 2.99. The van der Waals surface area contributed by atoms with Gasteiger partial charge in [0.15, 0.2) is 11.5 Å². The number of ether oxygens (including phenoxy) is 2. The Labute approximate surface area is 205 Å². The van der Waals surface area contributed by atoms with E-state index in [0.717, 1.165) is 11.1 Å². The van der Waals surface area contributed by atoms with Crippen molar-refractivity contribution in [1.82, 2.24) is 0 Å². The van der Waals surface area contributed by atoms with Gasteiger partial charge in [-0.15, -0.1) is 0 Å². The lowest BCUT2D eigenvalue weighted by molar-refractivity contribution is -0.112. The predicted octanol–water partition coefficient (Wildman–Crippen LogP) is 5.59. The van der Waals surface area contributed by atoms with Gasteiger partial charge >= 0.3 is 5.97 Å². The number of halogens is 1. The molecule has 3 rings (SSSR count). The first-order chi connectivity index (χ1) is 16.3. The maximum Gasteiger partial charge on any atom is 0.335 e. The molecule has 34 heavy (non-hydrogen) atoms. The molecule has 0 aliphatic rings. The summed E-state index contributed by atoms with van der Waals surface area (Å²) in [4.78, 5) is 23.6. The molecule has 0 saturated heterocycles. The molecule has 172 valence electrons. The minimum absolute atomic E-state index is 0.0654. The lowest BCUT2D eigenvalue weighted by Gasteiger charge is -2.14. The van der Waals surface area contributed by atoms with Crippen LogP contribution in [0.25, 0.3) is 6.08 Å². The smallest absolute Gasteiger partial charge is 0.335 e. The molecule has 0 radical (unpaired) electrons. The fraction of sp³-hybridized carbons (Fsp3) is 0.115. The Kier molecular flexibility index (Phi) is 8.06. The second-order valence-electron chi connectivity index (χ2n) is 7.26. The van der Waals surface area contributed by atoms with Crippen LogP contribution in [0.4, 0.5) is 5.69 Å². The van der Waals surface area contributed by atoms with Crippen LogP contribution in [0.2, 0.25) is 0 Å². The van der Waals surface area contributed by atoms with E-state index in [-0.39, 0.29) is 17.7 Å². The Hall–Kier alpha value is -4.09. The highest BCUT2D eigenvalue weighted by Gasteiger charge is 2.15. The van der Waals surface area contributed by atoms with E-state index in [4.69, 9.17) is 14.6 Å². The summed E-state index contributed by atoms with van der Waals surface area (Å²) in [7, 11) is 1.49. The van der Waals surface area contributed by atoms with Crippen LogP contribution in [0.1, 0.15) is 27.0 Å². The zero-order valence-corrected chi connectivity index (χ0v) is 20.0. The molecule has 7 nitrogen and oxygen atoms in total. The molecule has 3 aromatic carbocycles. The quantitative estimate of drug-likeness (QED) is 0.296. The van der Waals surface area contributed by atoms with E-state index in [1.807, 2.05) is 25.1 Å². The van der Waals surface area contributed by atoms with Gasteiger partial charge in [-0.25, -0.2) is 4.79 Å². The van der Waals surface area contributed by atoms with Crippen molar-refractivity contribution in [3.8, 4) is 17.6 Å². The van der Waals surface area contributed by atoms with Gasteiger partial charge in [0, 0.05) is 5.69 Å². The largest absolute Gasteiger partial charge is 0.493 e. The van der Waals surface area contributed by atoms with Crippen LogP contribution in [0.15, 0.2) is 70.7 Å². The van der Waals surface area contributed by atoms with Crippen LogP contribution >= 0.6 is 15.9 Å². The average molecular weight is 521 g/mol. The van der Waals surface area contributed by atoms with Gasteiger partial charge in [0.1, 0.15) is 18.2 Å². The molecule has 8 heteroatoms. The zero-order valence-electron chi connectivity index (χ0n) is 18.5. The van der Waals surface area contributed by atoms with Crippen molar-refractivity contribution in [2.75, 3.05) is 12.4 Å². The zero-order chi connectivity index (χ0) is 24.7. The van der Waals surface area contributed by atoms with Gasteiger partial charge in [-0.2, -0.15) is 5.26 Å². The summed E-state index contributed by atoms with van der Waals surface area (Å²) in [6.45, 7) is 2.05. The lowest BCUT2D eigenvalue weighted by Crippen LogP contribution is -2.14. The SMILES string of the molecule is COc1cc(C=C(C#N)C(=O)Nc2ccccc2C)cc(Br)c1OCc1ccc(C(=O)O)cc1. The van der Waals surface area contributed by atoms with Gasteiger partial charge in [0.05, 0.1) is 17.1 Å². The second-order valence-corrected chi connectivity index (χ2v) is 8.12. The van der Waals surface area contributed by atoms with Crippen molar-refractivity contribution in [2.45, 2.75) is 13.5 Å². The fourth-order valence-electron chi connectivity index (χ4n) is 3.08. The van der Waals surface area contributed by atoms with Crippen LogP contribution in [0.5, 0.6) is 11.5 Å². The Morgan fingerprint density at radius 2 is 1.85 bits per heavy atom. The highest BCUT2D eigenvalue weighted by Crippen LogP contribution is 2.38. The Morgan fingerprint density at radius 1 is 1.15 bits per heavy atom. The number of rotatable bonds is 8. The number of anilines is 1. The number of benzene rings is 3. The van der Waals surface area contributed by atoms with Gasteiger partial charge in [-0.3, -0.25) is 4.79 Å². The van der Waals surface area contributed by atoms with Crippen LogP contribution in [0.3, 0.4) is 0 Å². The molecule has 0 saturated carbocycles. The van der Waals surface area contributed by atoms with Gasteiger partial charge in [-0.1, -0.05) is 30.3 Å². The van der Waals surface area contributed by atoms with E-state index in [9.17, 15) is 14.9 Å². The number of hydrogen-bond acceptors (Lipinski definition) is 5. The number of nitriles is 1. The predicted molar refractivity (Wildman–Crippen MR) is 132 cm³/mol. The monoisotopic (exact) mass is 520 g/mol. The van der Waals surface area contributed by atoms with Gasteiger partial charge in [0.2, 0.25) is 0 Å². The number of methoxy groups -OCH3 is 1. The molecule has 0 aliphatic carbocycles. The summed E-state index contributed by atoms with van der Waals surface area (Å²) in [6, 6.07) is 19.0. The molecule has 0 unspecified atom stereocenters. The Morgan fingerprint density at radius 3 is 2.47 bits per heavy atom. The first kappa shape index (κ1) is 24.6. The van der Waals surface area contributed by atoms with E-state index in [2.05, 4.69) is 21.2 Å². The van der Waals surface area contributed by atoms with Crippen molar-refractivity contribution in [3.05, 3.63) is 93.0 Å². The molecule has 2 N–H and O–H groups in total. The molecule has 0 bridgehead atoms. The molecule has 3 aromatic rings. The standard InChI is InChI=1S/C26H21BrN2O5/c1-16-5-3-4-6-22(16)29-25(30)20(14-28)11-18-12-21(27)24(23(13-18)33-2)34-15-17-7-9-19(10-8-17)26(31)32/h3-13H,15H2,1-2H3,(H,29,30)(H,31,32). The molecule has 0 aromatic heterocycles. The van der Waals surface area contributed by atoms with E-state index < -0.39 is 11.9 Å². The second kappa shape index (κ2) is 11.2. The van der Waals surface area contributed by atoms with Gasteiger partial charge < -0.3 is 19.9 Å². The van der Waals surface area contributed by atoms with Crippen LogP contribution in [-0.2, 0) is 11.4 Å². The Balaban J connectivity index is 1.80. The Bertz CT molecular complexity index is 1290. The van der Waals surface area contributed by atoms with Crippen molar-refractivity contribution in [2.24, 2.45) is 0 Å². The molecule has 0 spiro atoms. The number of nitrogens with zero attached hydrogens (tertiary/aromatic N) is 1. The average Bonchev–Trinajstić information content (AvgIpc) is 2.83. The van der Waals surface area contributed by atoms with Crippen molar-refractivity contribution >= 4 is 39.6 Å². The number of nitrogens with one attached hydrogen (secondary N) is 1. The summed E-state index contributed by atoms with van der Waals surface area (Å²) < 4.78 is 11.9. The normalized spacial score (nSPS) is 10.8. The number of aromatic carboxylic acids is 1. The van der Waals surface area contributed by atoms with Crippen molar-refractivity contribution in [1.29, 1.82) is 5.26 Å². The number of carboxylic acid groups (broad SMARTS) is 1. The molecule has 0 aliphatic heterocycles. The van der Waals surface area contributed by atoms with E-state index in [0.29, 0.717) is 27.2 Å². The molecular formula is C26H21BrN2O5. The molecule has 0 atom stereocenters. The molecular weight excluding hydrogens is 500 g/mol. The minimum Gasteiger partial charge on any atom is -0.493 e. The highest BCUT2D eigenvalue weighted by atomic mass is 79.9. The van der Waals surface area contributed by atoms with E-state index in [1.54, 1.807) is 36.4 Å². The third kappa shape index (κ3) is 6.03. The minimum atomic E-state index is -0.996. The van der Waals surface area contributed by atoms with E-state index >= 15 is 0 Å². The van der Waals surface area contributed by atoms with Crippen LogP contribution in [-0.4, -0.2) is 24.1 Å². The third-order valence-electron chi connectivity index (χ3n) is 4.91. The summed E-state index contributed by atoms with van der Waals surface area (Å²) in [6.07, 6.45) is 1.47. The first-order valence-corrected chi connectivity index (χ1v) is 10.9. The third-order valence-corrected chi connectivity index (χ3v) is 5.49. The van der Waals surface area contributed by atoms with Gasteiger partial charge in [0.25, 0.3) is 5.91 Å². The maximum absolute atomic E-state index is 12.6. The van der Waals surface area contributed by atoms with Crippen molar-refractivity contribution < 1.29 is 24.2 Å². The number of hydrogen-bond donors (Lipinski definition) is 2. The summed E-state index contributed by atoms with van der Waals surface area (Å²) in [5, 5.41) is 21.3. The number of carbonyl (C=O) groups is 2. The van der Waals surface area contributed by atoms with Crippen molar-refractivity contribution in [3.63, 3.8) is 0 Å². The molecule has 0 fully saturated rings. The van der Waals surface area contributed by atoms with E-state index in [1.165, 1.54) is 25.3 Å². The van der Waals surface area contributed by atoms with Gasteiger partial charge in [-0.05, 0) is 76.0 Å². The number of para-hydroxylation sites is 1. The fourth-order valence-corrected chi connectivity index (χ4v) is 3.65. The molecule has 0 heterocycles.